The lowest BCUT2D eigenvalue weighted by atomic mass is 10.1. The number of nitrogens with zero attached hydrogens (tertiary/aromatic N) is 2. The molecule has 0 N–H and O–H groups in total. The number of methoxy groups -OCH3 is 2. The molecule has 0 bridgehead atoms. The Bertz CT molecular complexity index is 802. The highest BCUT2D eigenvalue weighted by Crippen LogP contribution is 2.42. The third-order valence-electron chi connectivity index (χ3n) is 4.17. The van der Waals surface area contributed by atoms with Crippen LogP contribution < -0.4 is 14.5 Å². The molecule has 0 saturated carbocycles. The normalized spacial score (nSPS) is 16.8. The van der Waals surface area contributed by atoms with Gasteiger partial charge < -0.3 is 28.7 Å². The smallest absolute Gasteiger partial charge is 0.355 e. The number of likely N-dealkylation sites (N-methyl/N-ethyl adjacent to an activating group) is 1. The van der Waals surface area contributed by atoms with Crippen molar-refractivity contribution in [3.05, 3.63) is 29.5 Å². The van der Waals surface area contributed by atoms with Crippen molar-refractivity contribution in [1.82, 2.24) is 0 Å². The zero-order chi connectivity index (χ0) is 18.8. The number of carbonyl (C=O) groups excluding carboxylic acids is 3. The topological polar surface area (TPSA) is 94.6 Å². The lowest BCUT2D eigenvalue weighted by molar-refractivity contribution is -0.140. The maximum atomic E-state index is 12.4. The molecule has 0 saturated heterocycles. The van der Waals surface area contributed by atoms with E-state index in [1.54, 1.807) is 25.2 Å². The van der Waals surface area contributed by atoms with E-state index in [-0.39, 0.29) is 37.1 Å². The minimum atomic E-state index is -0.702. The van der Waals surface area contributed by atoms with Gasteiger partial charge in [-0.3, -0.25) is 4.79 Å². The van der Waals surface area contributed by atoms with E-state index in [0.29, 0.717) is 17.1 Å². The fraction of sp³-hybridized carbons (Fsp3) is 0.353. The largest absolute Gasteiger partial charge is 0.479 e. The van der Waals surface area contributed by atoms with Crippen molar-refractivity contribution < 1.29 is 33.3 Å². The van der Waals surface area contributed by atoms with Gasteiger partial charge in [0.25, 0.3) is 5.91 Å². The highest BCUT2D eigenvalue weighted by atomic mass is 16.5. The van der Waals surface area contributed by atoms with Crippen LogP contribution in [0.2, 0.25) is 0 Å². The van der Waals surface area contributed by atoms with Gasteiger partial charge in [-0.15, -0.1) is 0 Å². The summed E-state index contributed by atoms with van der Waals surface area (Å²) in [5, 5.41) is 0. The summed E-state index contributed by atoms with van der Waals surface area (Å²) in [5.41, 5.74) is 1.09. The third kappa shape index (κ3) is 2.86. The van der Waals surface area contributed by atoms with E-state index in [0.717, 1.165) is 0 Å². The van der Waals surface area contributed by atoms with Crippen molar-refractivity contribution in [2.45, 2.75) is 0 Å². The Morgan fingerprint density at radius 1 is 1.08 bits per heavy atom. The van der Waals surface area contributed by atoms with Crippen molar-refractivity contribution >= 4 is 29.2 Å². The molecule has 26 heavy (non-hydrogen) atoms. The van der Waals surface area contributed by atoms with Gasteiger partial charge >= 0.3 is 11.9 Å². The van der Waals surface area contributed by atoms with E-state index < -0.39 is 11.9 Å². The number of anilines is 2. The quantitative estimate of drug-likeness (QED) is 0.715. The monoisotopic (exact) mass is 362 g/mol. The molecule has 138 valence electrons. The van der Waals surface area contributed by atoms with Crippen molar-refractivity contribution in [3.63, 3.8) is 0 Å². The molecule has 2 aliphatic rings. The fourth-order valence-corrected chi connectivity index (χ4v) is 2.84. The molecule has 1 aromatic rings. The van der Waals surface area contributed by atoms with Crippen molar-refractivity contribution in [1.29, 1.82) is 0 Å². The molecule has 9 nitrogen and oxygen atoms in total. The van der Waals surface area contributed by atoms with Gasteiger partial charge in [-0.1, -0.05) is 6.07 Å². The zero-order valence-electron chi connectivity index (χ0n) is 14.6. The van der Waals surface area contributed by atoms with Gasteiger partial charge in [-0.25, -0.2) is 9.59 Å². The Morgan fingerprint density at radius 2 is 1.77 bits per heavy atom. The number of hydrogen-bond acceptors (Lipinski definition) is 8. The molecule has 1 amide bonds. The maximum Gasteiger partial charge on any atom is 0.355 e. The van der Waals surface area contributed by atoms with E-state index in [1.165, 1.54) is 24.0 Å². The molecule has 0 spiro atoms. The van der Waals surface area contributed by atoms with Gasteiger partial charge in [0.2, 0.25) is 0 Å². The molecule has 0 fully saturated rings. The van der Waals surface area contributed by atoms with Gasteiger partial charge in [0.05, 0.1) is 37.8 Å². The number of esters is 2. The van der Waals surface area contributed by atoms with Gasteiger partial charge in [0, 0.05) is 7.05 Å². The van der Waals surface area contributed by atoms with Crippen LogP contribution in [-0.4, -0.2) is 59.1 Å². The molecule has 0 aromatic heterocycles. The van der Waals surface area contributed by atoms with E-state index in [2.05, 4.69) is 0 Å². The molecule has 2 heterocycles. The minimum absolute atomic E-state index is 0.00238. The summed E-state index contributed by atoms with van der Waals surface area (Å²) in [6.07, 6.45) is 0. The zero-order valence-corrected chi connectivity index (χ0v) is 14.6. The number of carbonyl (C=O) groups is 3. The van der Waals surface area contributed by atoms with Crippen molar-refractivity contribution in [2.75, 3.05) is 51.0 Å². The van der Waals surface area contributed by atoms with Crippen LogP contribution in [0.3, 0.4) is 0 Å². The molecule has 0 unspecified atom stereocenters. The van der Waals surface area contributed by atoms with Gasteiger partial charge in [0.15, 0.2) is 12.4 Å². The van der Waals surface area contributed by atoms with E-state index in [9.17, 15) is 14.4 Å². The fourth-order valence-electron chi connectivity index (χ4n) is 2.84. The van der Waals surface area contributed by atoms with Crippen LogP contribution in [0, 0.1) is 0 Å². The van der Waals surface area contributed by atoms with Crippen LogP contribution in [0.25, 0.3) is 0 Å². The lowest BCUT2D eigenvalue weighted by Gasteiger charge is -2.35. The number of ether oxygens (including phenoxy) is 4. The SMILES string of the molecule is COC(=O)C1=C(C(=O)OC)N(c2cccc3c2OCC(=O)N3C)COC1. The number of benzene rings is 1. The summed E-state index contributed by atoms with van der Waals surface area (Å²) in [4.78, 5) is 39.3. The van der Waals surface area contributed by atoms with Crippen LogP contribution in [0.1, 0.15) is 0 Å². The first-order valence-electron chi connectivity index (χ1n) is 7.77. The summed E-state index contributed by atoms with van der Waals surface area (Å²) in [6, 6.07) is 5.15. The average Bonchev–Trinajstić information content (AvgIpc) is 2.68. The molecule has 0 aliphatic carbocycles. The predicted molar refractivity (Wildman–Crippen MR) is 89.7 cm³/mol. The summed E-state index contributed by atoms with van der Waals surface area (Å²) in [6.45, 7) is -0.208. The number of amides is 1. The van der Waals surface area contributed by atoms with Crippen LogP contribution in [0.5, 0.6) is 5.75 Å². The first-order chi connectivity index (χ1) is 12.5. The second kappa shape index (κ2) is 7.04. The highest BCUT2D eigenvalue weighted by Gasteiger charge is 2.35. The molecule has 2 aliphatic heterocycles. The summed E-state index contributed by atoms with van der Waals surface area (Å²) in [5.74, 6) is -1.17. The Morgan fingerprint density at radius 3 is 2.46 bits per heavy atom. The first-order valence-corrected chi connectivity index (χ1v) is 7.77. The van der Waals surface area contributed by atoms with Gasteiger partial charge in [-0.2, -0.15) is 0 Å². The standard InChI is InChI=1S/C17H18N2O7/c1-18-11-5-4-6-12(15(11)26-8-13(18)20)19-9-25-7-10(16(21)23-2)14(19)17(22)24-3/h4-6H,7-9H2,1-3H3. The number of fused-ring (bicyclic) bond motifs is 1. The number of rotatable bonds is 3. The van der Waals surface area contributed by atoms with E-state index >= 15 is 0 Å². The lowest BCUT2D eigenvalue weighted by Crippen LogP contribution is -2.40. The summed E-state index contributed by atoms with van der Waals surface area (Å²) < 4.78 is 20.6. The number of hydrogen-bond donors (Lipinski definition) is 0. The third-order valence-corrected chi connectivity index (χ3v) is 4.17. The molecular formula is C17H18N2O7. The Kier molecular flexibility index (Phi) is 4.81. The Balaban J connectivity index is 2.15. The molecular weight excluding hydrogens is 344 g/mol. The molecule has 1 aromatic carbocycles. The molecule has 9 heteroatoms. The number of para-hydroxylation sites is 1. The summed E-state index contributed by atoms with van der Waals surface area (Å²) in [7, 11) is 4.08. The van der Waals surface area contributed by atoms with Crippen molar-refractivity contribution in [3.8, 4) is 5.75 Å². The van der Waals surface area contributed by atoms with Crippen LogP contribution in [0.4, 0.5) is 11.4 Å². The van der Waals surface area contributed by atoms with Crippen LogP contribution in [0.15, 0.2) is 29.5 Å². The second-order valence-corrected chi connectivity index (χ2v) is 5.58. The summed E-state index contributed by atoms with van der Waals surface area (Å²) >= 11 is 0. The predicted octanol–water partition coefficient (Wildman–Crippen LogP) is 0.436. The molecule has 3 rings (SSSR count). The Labute approximate surface area is 149 Å². The van der Waals surface area contributed by atoms with Gasteiger partial charge in [-0.05, 0) is 12.1 Å². The van der Waals surface area contributed by atoms with E-state index in [4.69, 9.17) is 18.9 Å². The van der Waals surface area contributed by atoms with Crippen molar-refractivity contribution in [2.24, 2.45) is 0 Å². The molecule has 0 atom stereocenters. The minimum Gasteiger partial charge on any atom is -0.479 e. The average molecular weight is 362 g/mol. The molecule has 0 radical (unpaired) electrons. The van der Waals surface area contributed by atoms with Crippen LogP contribution >= 0.6 is 0 Å². The van der Waals surface area contributed by atoms with Gasteiger partial charge in [0.1, 0.15) is 12.4 Å². The Hall–Kier alpha value is -3.07. The second-order valence-electron chi connectivity index (χ2n) is 5.58. The van der Waals surface area contributed by atoms with Crippen LogP contribution in [-0.2, 0) is 28.6 Å². The first kappa shape index (κ1) is 17.7. The maximum absolute atomic E-state index is 12.4. The van der Waals surface area contributed by atoms with E-state index in [1.807, 2.05) is 0 Å². The highest BCUT2D eigenvalue weighted by molar-refractivity contribution is 6.05.